The Hall–Kier alpha value is -7.43. The average molecular weight is 1100 g/mol. The summed E-state index contributed by atoms with van der Waals surface area (Å²) < 4.78 is 0. The van der Waals surface area contributed by atoms with E-state index in [0.717, 1.165) is 52.3 Å². The normalized spacial score (nSPS) is 19.9. The fraction of sp³-hybridized carbons (Fsp3) is 0.462. The highest BCUT2D eigenvalue weighted by Crippen LogP contribution is 2.34. The maximum Gasteiger partial charge on any atom is 0.254 e. The number of nitrogens with one attached hydrogen (secondary N) is 6. The molecule has 1 aliphatic carbocycles. The van der Waals surface area contributed by atoms with E-state index in [-0.39, 0.29) is 67.2 Å². The zero-order valence-electron chi connectivity index (χ0n) is 49.0. The van der Waals surface area contributed by atoms with Crippen LogP contribution in [-0.2, 0) is 43.4 Å². The standard InChI is InChI=1S/C65H83N9O7/c1-39(66-10)57(75)70-55(64(4,5)6)62(80)73-36-49-23-15-14-22-48(49)34-51(73)38-72(41(3)46-32-27-42-19-12-13-21-47(42)33-46)61(79)45-30-28-44(29-31-45)59(77)68-50-35-54(60(78)69-53-26-18-24-43-20-16-17-25-52(43)53)74(37-50)63(81)56(65(7,8)9)71-58(76)40(2)67-11/h12-17,19-23,25,27-33,39-41,50-51,53-56,66-67H,18,24,26,34-38H2,1-11H3,(H,68,77)(H,69,78)(H,70,75)(H,71,76)/t39-,40-,41+,50-,51-,53?,54-,55+,56+/m0/s1. The minimum atomic E-state index is -0.979. The van der Waals surface area contributed by atoms with Crippen molar-refractivity contribution in [2.45, 2.75) is 155 Å². The smallest absolute Gasteiger partial charge is 0.254 e. The number of likely N-dealkylation sites (N-methyl/N-ethyl adjacent to an activating group) is 2. The van der Waals surface area contributed by atoms with Crippen molar-refractivity contribution in [3.8, 4) is 0 Å². The van der Waals surface area contributed by atoms with Crippen LogP contribution in [0.1, 0.15) is 142 Å². The van der Waals surface area contributed by atoms with Crippen molar-refractivity contribution in [3.63, 3.8) is 0 Å². The summed E-state index contributed by atoms with van der Waals surface area (Å²) in [5.74, 6) is -2.39. The third-order valence-corrected chi connectivity index (χ3v) is 16.8. The lowest BCUT2D eigenvalue weighted by Crippen LogP contribution is -2.61. The van der Waals surface area contributed by atoms with Gasteiger partial charge in [-0.25, -0.2) is 0 Å². The van der Waals surface area contributed by atoms with Crippen molar-refractivity contribution in [1.29, 1.82) is 0 Å². The first-order valence-corrected chi connectivity index (χ1v) is 28.7. The van der Waals surface area contributed by atoms with Gasteiger partial charge in [0.05, 0.1) is 30.2 Å². The predicted molar refractivity (Wildman–Crippen MR) is 316 cm³/mol. The van der Waals surface area contributed by atoms with Gasteiger partial charge in [-0.15, -0.1) is 0 Å². The first-order chi connectivity index (χ1) is 38.5. The maximum absolute atomic E-state index is 15.3. The predicted octanol–water partition coefficient (Wildman–Crippen LogP) is 7.17. The number of rotatable bonds is 17. The van der Waals surface area contributed by atoms with E-state index in [9.17, 15) is 24.0 Å². The van der Waals surface area contributed by atoms with Gasteiger partial charge in [-0.1, -0.05) is 126 Å². The second-order valence-electron chi connectivity index (χ2n) is 24.6. The highest BCUT2D eigenvalue weighted by molar-refractivity contribution is 5.99. The van der Waals surface area contributed by atoms with Gasteiger partial charge in [-0.05, 0) is 147 Å². The van der Waals surface area contributed by atoms with Crippen molar-refractivity contribution in [2.75, 3.05) is 27.2 Å². The molecule has 6 N–H and O–H groups in total. The van der Waals surface area contributed by atoms with Gasteiger partial charge in [-0.3, -0.25) is 33.6 Å². The molecule has 8 rings (SSSR count). The zero-order chi connectivity index (χ0) is 58.5. The molecule has 1 unspecified atom stereocenters. The molecule has 1 fully saturated rings. The summed E-state index contributed by atoms with van der Waals surface area (Å²) in [6.07, 6.45) is 3.16. The van der Waals surface area contributed by atoms with E-state index in [1.807, 2.05) is 126 Å². The number of hydrogen-bond acceptors (Lipinski definition) is 9. The van der Waals surface area contributed by atoms with Crippen LogP contribution in [0.5, 0.6) is 0 Å². The van der Waals surface area contributed by atoms with E-state index in [2.05, 4.69) is 50.1 Å². The summed E-state index contributed by atoms with van der Waals surface area (Å²) >= 11 is 0. The minimum absolute atomic E-state index is 0.0231. The number of nitrogens with zero attached hydrogens (tertiary/aromatic N) is 3. The molecular formula is C65H83N9O7. The Bertz CT molecular complexity index is 3130. The number of fused-ring (bicyclic) bond motifs is 3. The highest BCUT2D eigenvalue weighted by atomic mass is 16.2. The van der Waals surface area contributed by atoms with Crippen LogP contribution < -0.4 is 31.9 Å². The van der Waals surface area contributed by atoms with E-state index in [4.69, 9.17) is 0 Å². The number of aryl methyl sites for hydroxylation is 1. The molecule has 81 heavy (non-hydrogen) atoms. The number of benzene rings is 5. The van der Waals surface area contributed by atoms with Gasteiger partial charge < -0.3 is 46.6 Å². The van der Waals surface area contributed by atoms with Gasteiger partial charge in [0.25, 0.3) is 11.8 Å². The fourth-order valence-electron chi connectivity index (χ4n) is 11.5. The quantitative estimate of drug-likeness (QED) is 0.0559. The summed E-state index contributed by atoms with van der Waals surface area (Å²) in [7, 11) is 3.37. The van der Waals surface area contributed by atoms with E-state index in [1.54, 1.807) is 57.1 Å². The fourth-order valence-corrected chi connectivity index (χ4v) is 11.5. The summed E-state index contributed by atoms with van der Waals surface area (Å²) in [5, 5.41) is 20.3. The molecule has 0 radical (unpaired) electrons. The van der Waals surface area contributed by atoms with Crippen LogP contribution >= 0.6 is 0 Å². The second kappa shape index (κ2) is 25.2. The first kappa shape index (κ1) is 59.7. The molecule has 5 aromatic carbocycles. The molecule has 5 aromatic rings. The molecule has 0 aromatic heterocycles. The van der Waals surface area contributed by atoms with Crippen LogP contribution in [-0.4, -0.2) is 126 Å². The summed E-state index contributed by atoms with van der Waals surface area (Å²) in [5.41, 5.74) is 4.41. The number of carbonyl (C=O) groups is 7. The van der Waals surface area contributed by atoms with Crippen molar-refractivity contribution < 1.29 is 33.6 Å². The maximum atomic E-state index is 15.3. The summed E-state index contributed by atoms with van der Waals surface area (Å²) in [6, 6.07) is 31.0. The topological polar surface area (TPSA) is 201 Å². The van der Waals surface area contributed by atoms with Crippen molar-refractivity contribution in [2.24, 2.45) is 10.8 Å². The molecule has 2 heterocycles. The second-order valence-corrected chi connectivity index (χ2v) is 24.6. The third-order valence-electron chi connectivity index (χ3n) is 16.8. The monoisotopic (exact) mass is 1100 g/mol. The summed E-state index contributed by atoms with van der Waals surface area (Å²) in [6.45, 7) is 17.3. The van der Waals surface area contributed by atoms with Crippen LogP contribution in [0.15, 0.2) is 115 Å². The molecule has 430 valence electrons. The highest BCUT2D eigenvalue weighted by Gasteiger charge is 2.47. The third kappa shape index (κ3) is 13.7. The van der Waals surface area contributed by atoms with Crippen LogP contribution in [0.4, 0.5) is 0 Å². The van der Waals surface area contributed by atoms with E-state index < -0.39 is 71.0 Å². The molecule has 3 aliphatic rings. The first-order valence-electron chi connectivity index (χ1n) is 28.7. The van der Waals surface area contributed by atoms with Crippen LogP contribution in [0, 0.1) is 10.8 Å². The molecule has 2 aliphatic heterocycles. The Balaban J connectivity index is 1.07. The van der Waals surface area contributed by atoms with Crippen LogP contribution in [0.2, 0.25) is 0 Å². The van der Waals surface area contributed by atoms with Crippen LogP contribution in [0.25, 0.3) is 10.8 Å². The number of carbonyl (C=O) groups excluding carboxylic acids is 7. The molecule has 0 spiro atoms. The van der Waals surface area contributed by atoms with Gasteiger partial charge in [0.1, 0.15) is 18.1 Å². The van der Waals surface area contributed by atoms with Gasteiger partial charge >= 0.3 is 0 Å². The number of likely N-dealkylation sites (tertiary alicyclic amines) is 1. The number of amides is 7. The Morgan fingerprint density at radius 3 is 1.80 bits per heavy atom. The van der Waals surface area contributed by atoms with Gasteiger partial charge in [0.2, 0.25) is 29.5 Å². The minimum Gasteiger partial charge on any atom is -0.347 e. The molecule has 9 atom stereocenters. The molecule has 1 saturated heterocycles. The average Bonchev–Trinajstić information content (AvgIpc) is 3.94. The molecule has 0 bridgehead atoms. The van der Waals surface area contributed by atoms with Gasteiger partial charge in [0, 0.05) is 36.8 Å². The van der Waals surface area contributed by atoms with Crippen LogP contribution in [0.3, 0.4) is 0 Å². The molecule has 16 nitrogen and oxygen atoms in total. The lowest BCUT2D eigenvalue weighted by molar-refractivity contribution is -0.144. The van der Waals surface area contributed by atoms with E-state index >= 15 is 9.59 Å². The van der Waals surface area contributed by atoms with E-state index in [0.29, 0.717) is 12.0 Å². The number of hydrogen-bond donors (Lipinski definition) is 6. The largest absolute Gasteiger partial charge is 0.347 e. The molecule has 0 saturated carbocycles. The molecular weight excluding hydrogens is 1020 g/mol. The lowest BCUT2D eigenvalue weighted by atomic mass is 9.84. The Kier molecular flexibility index (Phi) is 18.5. The Morgan fingerprint density at radius 2 is 1.19 bits per heavy atom. The molecule has 16 heteroatoms. The van der Waals surface area contributed by atoms with Crippen molar-refractivity contribution in [3.05, 3.63) is 154 Å². The van der Waals surface area contributed by atoms with Crippen molar-refractivity contribution >= 4 is 52.1 Å². The van der Waals surface area contributed by atoms with Crippen molar-refractivity contribution in [1.82, 2.24) is 46.6 Å². The lowest BCUT2D eigenvalue weighted by Gasteiger charge is -2.44. The van der Waals surface area contributed by atoms with Gasteiger partial charge in [-0.2, -0.15) is 0 Å². The Labute approximate surface area is 477 Å². The SMILES string of the molecule is CN[C@@H](C)C(=O)N[C@H](C(=O)N1Cc2ccccc2C[C@H]1CN(C(=O)c1ccc(C(=O)N[C@H]2C[C@@H](C(=O)NC3CCCc4ccccc43)N(C(=O)[C@@H](NC(=O)[C@H](C)NC)C(C)(C)C)C2)cc1)[C@H](C)c1ccc2ccccc2c1)C(C)(C)C. The van der Waals surface area contributed by atoms with Gasteiger partial charge in [0.15, 0.2) is 0 Å². The zero-order valence-corrected chi connectivity index (χ0v) is 49.0. The van der Waals surface area contributed by atoms with E-state index in [1.165, 1.54) is 10.5 Å². The molecule has 7 amide bonds. The Morgan fingerprint density at radius 1 is 0.630 bits per heavy atom. The summed E-state index contributed by atoms with van der Waals surface area (Å²) in [4.78, 5) is 106.